The lowest BCUT2D eigenvalue weighted by atomic mass is 9.89. The van der Waals surface area contributed by atoms with Gasteiger partial charge in [0, 0.05) is 42.5 Å². The molecular formula is C28H37N7. The van der Waals surface area contributed by atoms with E-state index in [0.717, 1.165) is 52.9 Å². The molecule has 0 amide bonds. The van der Waals surface area contributed by atoms with E-state index in [1.165, 1.54) is 48.8 Å². The Balaban J connectivity index is 1.34. The molecule has 1 aliphatic carbocycles. The third-order valence-corrected chi connectivity index (χ3v) is 8.65. The van der Waals surface area contributed by atoms with Crippen molar-refractivity contribution in [2.75, 3.05) is 25.0 Å². The summed E-state index contributed by atoms with van der Waals surface area (Å²) in [6.45, 7) is 11.0. The number of hydrogen-bond acceptors (Lipinski definition) is 5. The lowest BCUT2D eigenvalue weighted by Crippen LogP contribution is -2.49. The predicted octanol–water partition coefficient (Wildman–Crippen LogP) is 5.47. The van der Waals surface area contributed by atoms with E-state index in [4.69, 9.17) is 4.98 Å². The first-order chi connectivity index (χ1) is 16.9. The Hall–Kier alpha value is -2.93. The molecule has 0 radical (unpaired) electrons. The van der Waals surface area contributed by atoms with Crippen molar-refractivity contribution >= 4 is 22.5 Å². The van der Waals surface area contributed by atoms with Crippen molar-refractivity contribution in [3.8, 4) is 11.3 Å². The van der Waals surface area contributed by atoms with Gasteiger partial charge in [-0.1, -0.05) is 20.3 Å². The molecule has 0 atom stereocenters. The van der Waals surface area contributed by atoms with Gasteiger partial charge >= 0.3 is 0 Å². The van der Waals surface area contributed by atoms with Crippen LogP contribution in [0.25, 0.3) is 27.9 Å². The second-order valence-corrected chi connectivity index (χ2v) is 10.9. The Kier molecular flexibility index (Phi) is 5.55. The number of rotatable bonds is 5. The maximum atomic E-state index is 5.25. The Morgan fingerprint density at radius 2 is 1.77 bits per heavy atom. The van der Waals surface area contributed by atoms with Crippen LogP contribution in [0, 0.1) is 13.8 Å². The number of pyridine rings is 2. The number of H-pyrrole nitrogens is 1. The van der Waals surface area contributed by atoms with Crippen LogP contribution in [0.1, 0.15) is 68.6 Å². The molecule has 1 aliphatic heterocycles. The van der Waals surface area contributed by atoms with Crippen molar-refractivity contribution in [1.82, 2.24) is 29.5 Å². The third kappa shape index (κ3) is 3.71. The Morgan fingerprint density at radius 1 is 1.03 bits per heavy atom. The Morgan fingerprint density at radius 3 is 2.46 bits per heavy atom. The van der Waals surface area contributed by atoms with Gasteiger partial charge in [0.15, 0.2) is 5.65 Å². The first-order valence-electron chi connectivity index (χ1n) is 13.2. The lowest BCUT2D eigenvalue weighted by molar-refractivity contribution is 0.0952. The first-order valence-corrected chi connectivity index (χ1v) is 13.2. The minimum absolute atomic E-state index is 0.342. The summed E-state index contributed by atoms with van der Waals surface area (Å²) in [7, 11) is 2.34. The summed E-state index contributed by atoms with van der Waals surface area (Å²) in [6.07, 6.45) is 10.3. The molecule has 7 heteroatoms. The van der Waals surface area contributed by atoms with Crippen molar-refractivity contribution in [2.24, 2.45) is 0 Å². The molecule has 2 aliphatic rings. The van der Waals surface area contributed by atoms with Gasteiger partial charge in [0.1, 0.15) is 12.1 Å². The lowest BCUT2D eigenvalue weighted by Gasteiger charge is -2.43. The second kappa shape index (κ2) is 8.63. The minimum Gasteiger partial charge on any atom is -0.356 e. The number of anilines is 1. The van der Waals surface area contributed by atoms with Crippen molar-refractivity contribution < 1.29 is 0 Å². The number of nitrogens with one attached hydrogen (secondary N) is 1. The molecular weight excluding hydrogens is 434 g/mol. The highest BCUT2D eigenvalue weighted by Gasteiger charge is 2.30. The van der Waals surface area contributed by atoms with Crippen LogP contribution in [0.15, 0.2) is 24.7 Å². The van der Waals surface area contributed by atoms with E-state index in [1.54, 1.807) is 6.33 Å². The van der Waals surface area contributed by atoms with Crippen LogP contribution in [0.5, 0.6) is 0 Å². The first kappa shape index (κ1) is 22.5. The van der Waals surface area contributed by atoms with E-state index in [9.17, 15) is 0 Å². The summed E-state index contributed by atoms with van der Waals surface area (Å²) in [6, 6.07) is 5.94. The highest BCUT2D eigenvalue weighted by atomic mass is 15.3. The number of piperidine rings is 1. The second-order valence-electron chi connectivity index (χ2n) is 10.9. The molecule has 6 rings (SSSR count). The fourth-order valence-corrected chi connectivity index (χ4v) is 6.07. The maximum absolute atomic E-state index is 5.25. The monoisotopic (exact) mass is 471 g/mol. The fourth-order valence-electron chi connectivity index (χ4n) is 6.07. The average molecular weight is 472 g/mol. The normalized spacial score (nSPS) is 17.9. The average Bonchev–Trinajstić information content (AvgIpc) is 3.44. The molecule has 4 aromatic rings. The summed E-state index contributed by atoms with van der Waals surface area (Å²) >= 11 is 0. The zero-order valence-corrected chi connectivity index (χ0v) is 21.7. The van der Waals surface area contributed by atoms with E-state index in [0.29, 0.717) is 12.0 Å². The predicted molar refractivity (Wildman–Crippen MR) is 142 cm³/mol. The summed E-state index contributed by atoms with van der Waals surface area (Å²) in [5.41, 5.74) is 9.11. The molecule has 0 aromatic carbocycles. The van der Waals surface area contributed by atoms with Crippen LogP contribution in [-0.2, 0) is 0 Å². The van der Waals surface area contributed by atoms with Gasteiger partial charge in [-0.3, -0.25) is 0 Å². The van der Waals surface area contributed by atoms with E-state index >= 15 is 0 Å². The number of fused-ring (bicyclic) bond motifs is 2. The minimum atomic E-state index is 0.342. The fraction of sp³-hybridized carbons (Fsp3) is 0.536. The molecule has 35 heavy (non-hydrogen) atoms. The van der Waals surface area contributed by atoms with Gasteiger partial charge in [-0.2, -0.15) is 5.10 Å². The van der Waals surface area contributed by atoms with Crippen molar-refractivity contribution in [1.29, 1.82) is 0 Å². The van der Waals surface area contributed by atoms with Crippen LogP contribution in [0.4, 0.5) is 5.82 Å². The van der Waals surface area contributed by atoms with Gasteiger partial charge < -0.3 is 14.8 Å². The Labute approximate surface area is 207 Å². The molecule has 5 heterocycles. The molecule has 0 unspecified atom stereocenters. The van der Waals surface area contributed by atoms with Gasteiger partial charge in [-0.25, -0.2) is 14.5 Å². The van der Waals surface area contributed by atoms with Crippen LogP contribution < -0.4 is 4.90 Å². The van der Waals surface area contributed by atoms with Gasteiger partial charge in [0.05, 0.1) is 16.7 Å². The molecule has 1 saturated heterocycles. The van der Waals surface area contributed by atoms with Crippen molar-refractivity contribution in [2.45, 2.75) is 77.8 Å². The topological polar surface area (TPSA) is 65.4 Å². The summed E-state index contributed by atoms with van der Waals surface area (Å²) in [4.78, 5) is 18.5. The van der Waals surface area contributed by atoms with Gasteiger partial charge in [-0.05, 0) is 75.8 Å². The zero-order chi connectivity index (χ0) is 24.3. The van der Waals surface area contributed by atoms with E-state index in [-0.39, 0.29) is 0 Å². The van der Waals surface area contributed by atoms with E-state index in [2.05, 4.69) is 77.9 Å². The van der Waals surface area contributed by atoms with Crippen LogP contribution in [0.2, 0.25) is 0 Å². The van der Waals surface area contributed by atoms with Crippen molar-refractivity contribution in [3.05, 3.63) is 41.3 Å². The number of nitrogens with zero attached hydrogens (tertiary/aromatic N) is 6. The maximum Gasteiger partial charge on any atom is 0.158 e. The quantitative estimate of drug-likeness (QED) is 0.418. The molecule has 2 fully saturated rings. The smallest absolute Gasteiger partial charge is 0.158 e. The summed E-state index contributed by atoms with van der Waals surface area (Å²) in [5, 5.41) is 4.41. The SMILES string of the molecule is Cc1c(-c2[nH]c3ccc(N4CCC(N(C)C5CCC5)CC4)nc3c2C(C)C)cn2ncnc2c1C. The van der Waals surface area contributed by atoms with Crippen LogP contribution in [0.3, 0.4) is 0 Å². The van der Waals surface area contributed by atoms with Crippen LogP contribution in [-0.4, -0.2) is 61.7 Å². The molecule has 7 nitrogen and oxygen atoms in total. The van der Waals surface area contributed by atoms with Crippen LogP contribution >= 0.6 is 0 Å². The highest BCUT2D eigenvalue weighted by molar-refractivity contribution is 5.90. The largest absolute Gasteiger partial charge is 0.356 e. The van der Waals surface area contributed by atoms with Gasteiger partial charge in [0.25, 0.3) is 0 Å². The molecule has 4 aromatic heterocycles. The number of hydrogen-bond donors (Lipinski definition) is 1. The number of aromatic amines is 1. The number of aryl methyl sites for hydroxylation is 1. The number of aromatic nitrogens is 5. The van der Waals surface area contributed by atoms with E-state index in [1.807, 2.05) is 4.52 Å². The zero-order valence-electron chi connectivity index (χ0n) is 21.7. The molecule has 184 valence electrons. The van der Waals surface area contributed by atoms with Gasteiger partial charge in [-0.15, -0.1) is 0 Å². The Bertz CT molecular complexity index is 1370. The third-order valence-electron chi connectivity index (χ3n) is 8.65. The molecule has 0 bridgehead atoms. The molecule has 0 spiro atoms. The molecule has 1 saturated carbocycles. The van der Waals surface area contributed by atoms with E-state index < -0.39 is 0 Å². The standard InChI is InChI=1S/C28H37N7/c1-17(2)25-26(22-15-35-28(29-16-30-35)19(4)18(22)3)31-23-9-10-24(32-27(23)25)34-13-11-21(12-14-34)33(5)20-7-6-8-20/h9-10,15-17,20-21,31H,6-8,11-14H2,1-5H3. The highest BCUT2D eigenvalue weighted by Crippen LogP contribution is 2.38. The summed E-state index contributed by atoms with van der Waals surface area (Å²) < 4.78 is 1.89. The molecule has 1 N–H and O–H groups in total. The summed E-state index contributed by atoms with van der Waals surface area (Å²) in [5.74, 6) is 1.45. The van der Waals surface area contributed by atoms with Crippen molar-refractivity contribution in [3.63, 3.8) is 0 Å². The van der Waals surface area contributed by atoms with Gasteiger partial charge in [0.2, 0.25) is 0 Å².